The maximum Gasteiger partial charge on any atom is 0.243 e. The van der Waals surface area contributed by atoms with Gasteiger partial charge in [0, 0.05) is 32.7 Å². The van der Waals surface area contributed by atoms with Crippen LogP contribution in [0.15, 0.2) is 59.5 Å². The summed E-state index contributed by atoms with van der Waals surface area (Å²) in [6.07, 6.45) is -0.652. The number of aryl methyl sites for hydroxylation is 3. The molecule has 1 fully saturated rings. The zero-order valence-electron chi connectivity index (χ0n) is 19.5. The van der Waals surface area contributed by atoms with Gasteiger partial charge in [-0.25, -0.2) is 8.42 Å². The quantitative estimate of drug-likeness (QED) is 0.575. The van der Waals surface area contributed by atoms with Crippen molar-refractivity contribution in [2.75, 3.05) is 39.3 Å². The van der Waals surface area contributed by atoms with E-state index < -0.39 is 16.1 Å². The lowest BCUT2D eigenvalue weighted by atomic mass is 10.1. The minimum atomic E-state index is -3.54. The molecule has 0 unspecified atom stereocenters. The van der Waals surface area contributed by atoms with Gasteiger partial charge in [0.25, 0.3) is 0 Å². The van der Waals surface area contributed by atoms with E-state index in [4.69, 9.17) is 4.74 Å². The summed E-state index contributed by atoms with van der Waals surface area (Å²) in [5.74, 6) is 0.729. The fourth-order valence-corrected chi connectivity index (χ4v) is 6.49. The lowest BCUT2D eigenvalue weighted by Gasteiger charge is -2.35. The van der Waals surface area contributed by atoms with Gasteiger partial charge in [0.15, 0.2) is 0 Å². The number of β-amino-alcohol motifs (C(OH)–C–C–N with tert-alkyl or cyclic N) is 1. The number of ether oxygens (including phenoxy) is 1. The number of aliphatic hydroxyl groups excluding tert-OH is 1. The third kappa shape index (κ3) is 5.38. The van der Waals surface area contributed by atoms with Crippen LogP contribution >= 0.6 is 0 Å². The number of hydrogen-bond acceptors (Lipinski definition) is 5. The number of hydrogen-bond donors (Lipinski definition) is 1. The van der Waals surface area contributed by atoms with Crippen molar-refractivity contribution in [2.45, 2.75) is 31.8 Å². The number of rotatable bonds is 7. The zero-order chi connectivity index (χ0) is 23.6. The van der Waals surface area contributed by atoms with Crippen LogP contribution in [0.25, 0.3) is 10.8 Å². The Balaban J connectivity index is 1.30. The van der Waals surface area contributed by atoms with Gasteiger partial charge in [-0.2, -0.15) is 4.31 Å². The summed E-state index contributed by atoms with van der Waals surface area (Å²) in [5, 5.41) is 12.7. The maximum atomic E-state index is 13.3. The van der Waals surface area contributed by atoms with Gasteiger partial charge in [0.05, 0.1) is 4.90 Å². The molecule has 1 aliphatic heterocycles. The highest BCUT2D eigenvalue weighted by Gasteiger charge is 2.31. The Hall–Kier alpha value is -2.45. The molecule has 1 aliphatic rings. The molecule has 1 saturated heterocycles. The number of benzene rings is 3. The van der Waals surface area contributed by atoms with Crippen molar-refractivity contribution < 1.29 is 18.3 Å². The molecule has 7 heteroatoms. The fraction of sp³-hybridized carbons (Fsp3) is 0.385. The van der Waals surface area contributed by atoms with Crippen molar-refractivity contribution in [3.8, 4) is 5.75 Å². The largest absolute Gasteiger partial charge is 0.491 e. The molecular weight excluding hydrogens is 436 g/mol. The summed E-state index contributed by atoms with van der Waals surface area (Å²) in [4.78, 5) is 2.51. The van der Waals surface area contributed by atoms with E-state index in [1.54, 1.807) is 4.31 Å². The van der Waals surface area contributed by atoms with Crippen molar-refractivity contribution in [3.63, 3.8) is 0 Å². The van der Waals surface area contributed by atoms with Gasteiger partial charge >= 0.3 is 0 Å². The average molecular weight is 469 g/mol. The van der Waals surface area contributed by atoms with Crippen LogP contribution in [0.5, 0.6) is 5.75 Å². The summed E-state index contributed by atoms with van der Waals surface area (Å²) in [6, 6.07) is 17.8. The molecule has 3 aromatic rings. The molecule has 0 radical (unpaired) electrons. The summed E-state index contributed by atoms with van der Waals surface area (Å²) in [5.41, 5.74) is 2.64. The number of piperazine rings is 1. The Morgan fingerprint density at radius 2 is 1.55 bits per heavy atom. The van der Waals surface area contributed by atoms with Crippen molar-refractivity contribution in [3.05, 3.63) is 71.3 Å². The Labute approximate surface area is 196 Å². The van der Waals surface area contributed by atoms with Crippen LogP contribution in [0.1, 0.15) is 16.7 Å². The minimum Gasteiger partial charge on any atom is -0.491 e. The van der Waals surface area contributed by atoms with Gasteiger partial charge in [-0.1, -0.05) is 48.0 Å². The second-order valence-corrected chi connectivity index (χ2v) is 10.8. The smallest absolute Gasteiger partial charge is 0.243 e. The van der Waals surface area contributed by atoms with E-state index in [-0.39, 0.29) is 6.61 Å². The molecule has 33 heavy (non-hydrogen) atoms. The van der Waals surface area contributed by atoms with Gasteiger partial charge in [0.1, 0.15) is 18.5 Å². The predicted molar refractivity (Wildman–Crippen MR) is 131 cm³/mol. The average Bonchev–Trinajstić information content (AvgIpc) is 2.77. The second-order valence-electron chi connectivity index (χ2n) is 8.91. The molecule has 4 rings (SSSR count). The first-order valence-corrected chi connectivity index (χ1v) is 12.8. The highest BCUT2D eigenvalue weighted by Crippen LogP contribution is 2.26. The fourth-order valence-electron chi connectivity index (χ4n) is 4.66. The van der Waals surface area contributed by atoms with Crippen molar-refractivity contribution >= 4 is 20.8 Å². The lowest BCUT2D eigenvalue weighted by molar-refractivity contribution is 0.0569. The highest BCUT2D eigenvalue weighted by atomic mass is 32.2. The van der Waals surface area contributed by atoms with Crippen LogP contribution in [0.4, 0.5) is 0 Å². The van der Waals surface area contributed by atoms with Gasteiger partial charge in [0.2, 0.25) is 10.0 Å². The summed E-state index contributed by atoms with van der Waals surface area (Å²) in [6.45, 7) is 8.31. The van der Waals surface area contributed by atoms with Crippen molar-refractivity contribution in [1.29, 1.82) is 0 Å². The molecule has 1 heterocycles. The van der Waals surface area contributed by atoms with E-state index in [9.17, 15) is 13.5 Å². The zero-order valence-corrected chi connectivity index (χ0v) is 20.3. The third-order valence-electron chi connectivity index (χ3n) is 6.17. The van der Waals surface area contributed by atoms with E-state index in [0.717, 1.165) is 33.2 Å². The minimum absolute atomic E-state index is 0.193. The van der Waals surface area contributed by atoms with Gasteiger partial charge in [-0.15, -0.1) is 0 Å². The van der Waals surface area contributed by atoms with Crippen LogP contribution in [0.2, 0.25) is 0 Å². The maximum absolute atomic E-state index is 13.3. The molecule has 176 valence electrons. The van der Waals surface area contributed by atoms with E-state index in [0.29, 0.717) is 37.6 Å². The van der Waals surface area contributed by atoms with E-state index in [2.05, 4.69) is 11.0 Å². The van der Waals surface area contributed by atoms with E-state index >= 15 is 0 Å². The molecule has 0 spiro atoms. The van der Waals surface area contributed by atoms with E-state index in [1.807, 2.05) is 69.3 Å². The summed E-state index contributed by atoms with van der Waals surface area (Å²) >= 11 is 0. The van der Waals surface area contributed by atoms with Crippen LogP contribution < -0.4 is 4.74 Å². The molecule has 1 atom stereocenters. The Kier molecular flexibility index (Phi) is 7.05. The summed E-state index contributed by atoms with van der Waals surface area (Å²) < 4.78 is 33.9. The van der Waals surface area contributed by atoms with Gasteiger partial charge < -0.3 is 9.84 Å². The highest BCUT2D eigenvalue weighted by molar-refractivity contribution is 7.89. The van der Waals surface area contributed by atoms with Crippen molar-refractivity contribution in [2.24, 2.45) is 0 Å². The molecule has 0 aromatic heterocycles. The first kappa shape index (κ1) is 23.7. The van der Waals surface area contributed by atoms with Crippen LogP contribution in [0.3, 0.4) is 0 Å². The standard InChI is InChI=1S/C26H32N2O4S/c1-19-14-20(2)26(21(3)15-19)33(30,31)28-12-10-27(11-13-28)17-24(29)18-32-25-9-8-22-6-4-5-7-23(22)16-25/h4-9,14-16,24,29H,10-13,17-18H2,1-3H3/t24-/m1/s1. The van der Waals surface area contributed by atoms with Crippen LogP contribution in [-0.4, -0.2) is 68.2 Å². The Bertz CT molecular complexity index is 1210. The Morgan fingerprint density at radius 3 is 2.21 bits per heavy atom. The van der Waals surface area contributed by atoms with Crippen molar-refractivity contribution in [1.82, 2.24) is 9.21 Å². The van der Waals surface area contributed by atoms with E-state index in [1.165, 1.54) is 0 Å². The van der Waals surface area contributed by atoms with Gasteiger partial charge in [-0.05, 0) is 54.8 Å². The monoisotopic (exact) mass is 468 g/mol. The molecule has 6 nitrogen and oxygen atoms in total. The topological polar surface area (TPSA) is 70.1 Å². The molecule has 0 saturated carbocycles. The number of nitrogens with zero attached hydrogens (tertiary/aromatic N) is 2. The third-order valence-corrected chi connectivity index (χ3v) is 8.37. The molecule has 3 aromatic carbocycles. The molecule has 1 N–H and O–H groups in total. The second kappa shape index (κ2) is 9.81. The molecule has 0 aliphatic carbocycles. The number of sulfonamides is 1. The molecule has 0 amide bonds. The van der Waals surface area contributed by atoms with Gasteiger partial charge in [-0.3, -0.25) is 4.90 Å². The SMILES string of the molecule is Cc1cc(C)c(S(=O)(=O)N2CCN(C[C@@H](O)COc3ccc4ccccc4c3)CC2)c(C)c1. The first-order chi connectivity index (χ1) is 15.7. The van der Waals surface area contributed by atoms with Crippen LogP contribution in [0, 0.1) is 20.8 Å². The number of fused-ring (bicyclic) bond motifs is 1. The Morgan fingerprint density at radius 1 is 0.909 bits per heavy atom. The summed E-state index contributed by atoms with van der Waals surface area (Å²) in [7, 11) is -3.54. The normalized spacial score (nSPS) is 16.7. The molecular formula is C26H32N2O4S. The first-order valence-electron chi connectivity index (χ1n) is 11.3. The lowest BCUT2D eigenvalue weighted by Crippen LogP contribution is -2.51. The number of aliphatic hydroxyl groups is 1. The molecule has 0 bridgehead atoms. The van der Waals surface area contributed by atoms with Crippen LogP contribution in [-0.2, 0) is 10.0 Å². The predicted octanol–water partition coefficient (Wildman–Crippen LogP) is 3.51.